The zero-order chi connectivity index (χ0) is 25.1. The summed E-state index contributed by atoms with van der Waals surface area (Å²) >= 11 is 0. The minimum absolute atomic E-state index is 0.0701. The van der Waals surface area contributed by atoms with Crippen LogP contribution in [-0.2, 0) is 9.59 Å². The molecule has 0 bridgehead atoms. The third kappa shape index (κ3) is 3.07. The van der Waals surface area contributed by atoms with Crippen LogP contribution >= 0.6 is 0 Å². The fraction of sp³-hybridized carbons (Fsp3) is 0.154. The van der Waals surface area contributed by atoms with Crippen LogP contribution in [0.15, 0.2) is 77.9 Å². The Morgan fingerprint density at radius 3 is 2.42 bits per heavy atom. The topological polar surface area (TPSA) is 113 Å². The normalized spacial score (nSPS) is 23.9. The van der Waals surface area contributed by atoms with Gasteiger partial charge in [0.25, 0.3) is 5.69 Å². The van der Waals surface area contributed by atoms with Crippen molar-refractivity contribution < 1.29 is 23.7 Å². The van der Waals surface area contributed by atoms with Gasteiger partial charge in [-0.15, -0.1) is 0 Å². The van der Waals surface area contributed by atoms with Gasteiger partial charge < -0.3 is 0 Å². The summed E-state index contributed by atoms with van der Waals surface area (Å²) in [6.45, 7) is 0. The van der Waals surface area contributed by atoms with Crippen LogP contribution in [0, 0.1) is 27.8 Å². The first-order valence-corrected chi connectivity index (χ1v) is 11.2. The highest BCUT2D eigenvalue weighted by atomic mass is 19.1. The lowest BCUT2D eigenvalue weighted by Crippen LogP contribution is -2.44. The lowest BCUT2D eigenvalue weighted by molar-refractivity contribution is -0.384. The predicted molar refractivity (Wildman–Crippen MR) is 126 cm³/mol. The maximum atomic E-state index is 13.8. The zero-order valence-corrected chi connectivity index (χ0v) is 18.5. The van der Waals surface area contributed by atoms with Crippen molar-refractivity contribution in [2.45, 2.75) is 12.1 Å². The Hall–Kier alpha value is -4.73. The highest BCUT2D eigenvalue weighted by Gasteiger charge is 2.65. The molecule has 178 valence electrons. The second-order valence-electron chi connectivity index (χ2n) is 8.85. The van der Waals surface area contributed by atoms with Crippen LogP contribution in [0.2, 0.25) is 0 Å². The molecular formula is C26H17FN4O5. The minimum atomic E-state index is -1.12. The SMILES string of the molecule is O=C(c1ccc(F)cc1)[C@@H]1[C@@H]2C(=O)N(c3cccc([N+](=O)[O-])c3)C(=O)[C@H]2[C@H]2c3ccccc3C=NN12. The molecule has 3 aromatic carbocycles. The molecule has 6 rings (SSSR count). The molecule has 9 nitrogen and oxygen atoms in total. The molecule has 10 heteroatoms. The minimum Gasteiger partial charge on any atom is -0.292 e. The number of hydrogen-bond acceptors (Lipinski definition) is 7. The van der Waals surface area contributed by atoms with Crippen LogP contribution in [0.3, 0.4) is 0 Å². The smallest absolute Gasteiger partial charge is 0.271 e. The molecule has 2 amide bonds. The molecule has 3 heterocycles. The molecule has 3 aliphatic heterocycles. The van der Waals surface area contributed by atoms with Crippen molar-refractivity contribution in [3.8, 4) is 0 Å². The van der Waals surface area contributed by atoms with E-state index in [1.165, 1.54) is 41.4 Å². The van der Waals surface area contributed by atoms with Crippen molar-refractivity contribution >= 4 is 35.2 Å². The van der Waals surface area contributed by atoms with Gasteiger partial charge in [-0.05, 0) is 41.5 Å². The average Bonchev–Trinajstić information content (AvgIpc) is 3.36. The first-order chi connectivity index (χ1) is 17.4. The Morgan fingerprint density at radius 1 is 0.944 bits per heavy atom. The average molecular weight is 484 g/mol. The van der Waals surface area contributed by atoms with E-state index in [-0.39, 0.29) is 16.9 Å². The van der Waals surface area contributed by atoms with E-state index in [9.17, 15) is 28.9 Å². The molecule has 4 atom stereocenters. The molecule has 0 unspecified atom stereocenters. The number of carbonyl (C=O) groups excluding carboxylic acids is 3. The molecular weight excluding hydrogens is 467 g/mol. The molecule has 0 saturated carbocycles. The Kier molecular flexibility index (Phi) is 4.78. The number of anilines is 1. The zero-order valence-electron chi connectivity index (χ0n) is 18.5. The van der Waals surface area contributed by atoms with Gasteiger partial charge in [0.1, 0.15) is 11.9 Å². The summed E-state index contributed by atoms with van der Waals surface area (Å²) < 4.78 is 13.5. The Morgan fingerprint density at radius 2 is 1.67 bits per heavy atom. The van der Waals surface area contributed by atoms with Crippen molar-refractivity contribution in [2.75, 3.05) is 4.90 Å². The number of carbonyl (C=O) groups is 3. The van der Waals surface area contributed by atoms with E-state index in [0.29, 0.717) is 0 Å². The van der Waals surface area contributed by atoms with Crippen molar-refractivity contribution in [3.05, 3.63) is 105 Å². The third-order valence-electron chi connectivity index (χ3n) is 6.99. The molecule has 3 aliphatic rings. The van der Waals surface area contributed by atoms with E-state index in [0.717, 1.165) is 28.2 Å². The monoisotopic (exact) mass is 484 g/mol. The van der Waals surface area contributed by atoms with E-state index in [1.54, 1.807) is 12.3 Å². The number of ketones is 1. The summed E-state index contributed by atoms with van der Waals surface area (Å²) in [5.74, 6) is -4.18. The second-order valence-corrected chi connectivity index (χ2v) is 8.85. The van der Waals surface area contributed by atoms with E-state index >= 15 is 0 Å². The summed E-state index contributed by atoms with van der Waals surface area (Å²) in [5.41, 5.74) is 1.50. The highest BCUT2D eigenvalue weighted by molar-refractivity contribution is 6.24. The number of nitro benzene ring substituents is 1. The Labute approximate surface area is 203 Å². The Bertz CT molecular complexity index is 1490. The van der Waals surface area contributed by atoms with Crippen molar-refractivity contribution in [2.24, 2.45) is 16.9 Å². The van der Waals surface area contributed by atoms with Gasteiger partial charge in [0.15, 0.2) is 5.78 Å². The Balaban J connectivity index is 1.49. The van der Waals surface area contributed by atoms with Gasteiger partial charge >= 0.3 is 0 Å². The number of Topliss-reactive ketones (excluding diaryl/α,β-unsaturated/α-hetero) is 1. The van der Waals surface area contributed by atoms with Crippen LogP contribution in [0.4, 0.5) is 15.8 Å². The van der Waals surface area contributed by atoms with Crippen LogP contribution < -0.4 is 4.90 Å². The number of rotatable bonds is 4. The third-order valence-corrected chi connectivity index (χ3v) is 6.99. The summed E-state index contributed by atoms with van der Waals surface area (Å²) in [5, 5.41) is 17.3. The maximum Gasteiger partial charge on any atom is 0.271 e. The summed E-state index contributed by atoms with van der Waals surface area (Å²) in [6.07, 6.45) is 1.59. The fourth-order valence-electron chi connectivity index (χ4n) is 5.45. The molecule has 2 saturated heterocycles. The number of imide groups is 1. The number of amides is 2. The highest BCUT2D eigenvalue weighted by Crippen LogP contribution is 2.53. The molecule has 0 radical (unpaired) electrons. The van der Waals surface area contributed by atoms with Crippen LogP contribution in [0.1, 0.15) is 27.5 Å². The van der Waals surface area contributed by atoms with Gasteiger partial charge in [-0.3, -0.25) is 29.5 Å². The number of halogens is 1. The van der Waals surface area contributed by atoms with Crippen LogP contribution in [-0.4, -0.2) is 39.8 Å². The molecule has 0 aliphatic carbocycles. The van der Waals surface area contributed by atoms with Crippen molar-refractivity contribution in [1.82, 2.24) is 5.01 Å². The number of hydrazone groups is 1. The summed E-state index contributed by atoms with van der Waals surface area (Å²) in [7, 11) is 0. The molecule has 36 heavy (non-hydrogen) atoms. The summed E-state index contributed by atoms with van der Waals surface area (Å²) in [4.78, 5) is 52.9. The first kappa shape index (κ1) is 21.8. The van der Waals surface area contributed by atoms with Gasteiger partial charge in [-0.25, -0.2) is 9.29 Å². The van der Waals surface area contributed by atoms with Crippen molar-refractivity contribution in [1.29, 1.82) is 0 Å². The molecule has 0 N–H and O–H groups in total. The van der Waals surface area contributed by atoms with Crippen LogP contribution in [0.5, 0.6) is 0 Å². The second kappa shape index (κ2) is 7.91. The van der Waals surface area contributed by atoms with Gasteiger partial charge in [0.2, 0.25) is 11.8 Å². The number of benzene rings is 3. The number of nitro groups is 1. The summed E-state index contributed by atoms with van der Waals surface area (Å²) in [6, 6.07) is 15.7. The maximum absolute atomic E-state index is 13.8. The molecule has 2 fully saturated rings. The van der Waals surface area contributed by atoms with Crippen LogP contribution in [0.25, 0.3) is 0 Å². The molecule has 0 aromatic heterocycles. The van der Waals surface area contributed by atoms with Gasteiger partial charge in [0.05, 0.1) is 34.7 Å². The van der Waals surface area contributed by atoms with Gasteiger partial charge in [-0.1, -0.05) is 30.3 Å². The number of hydrogen-bond donors (Lipinski definition) is 0. The lowest BCUT2D eigenvalue weighted by Gasteiger charge is -2.33. The molecule has 3 aromatic rings. The lowest BCUT2D eigenvalue weighted by atomic mass is 9.83. The fourth-order valence-corrected chi connectivity index (χ4v) is 5.45. The first-order valence-electron chi connectivity index (χ1n) is 11.2. The quantitative estimate of drug-likeness (QED) is 0.242. The standard InChI is InChI=1S/C26H17FN4O5/c27-16-10-8-14(9-11-16)24(32)23-21-20(22-19-7-2-1-4-15(19)13-28-30(22)23)25(33)29(26(21)34)17-5-3-6-18(12-17)31(35)36/h1-13,20-23H/t20-,21-,22-,23+/m1/s1. The van der Waals surface area contributed by atoms with E-state index in [2.05, 4.69) is 5.10 Å². The largest absolute Gasteiger partial charge is 0.292 e. The predicted octanol–water partition coefficient (Wildman–Crippen LogP) is 3.50. The van der Waals surface area contributed by atoms with E-state index in [1.807, 2.05) is 18.2 Å². The number of non-ortho nitro benzene ring substituents is 1. The van der Waals surface area contributed by atoms with E-state index < -0.39 is 52.3 Å². The van der Waals surface area contributed by atoms with Crippen molar-refractivity contribution in [3.63, 3.8) is 0 Å². The van der Waals surface area contributed by atoms with Gasteiger partial charge in [0, 0.05) is 17.7 Å². The number of fused-ring (bicyclic) bond motifs is 5. The molecule has 0 spiro atoms. The number of nitrogens with zero attached hydrogens (tertiary/aromatic N) is 4. The van der Waals surface area contributed by atoms with E-state index in [4.69, 9.17) is 0 Å². The van der Waals surface area contributed by atoms with Gasteiger partial charge in [-0.2, -0.15) is 5.10 Å².